The molecule has 0 amide bonds. The summed E-state index contributed by atoms with van der Waals surface area (Å²) in [5, 5.41) is 0. The van der Waals surface area contributed by atoms with Gasteiger partial charge in [-0.3, -0.25) is 9.78 Å². The second kappa shape index (κ2) is 5.27. The van der Waals surface area contributed by atoms with Crippen molar-refractivity contribution >= 4 is 11.5 Å². The first-order chi connectivity index (χ1) is 8.20. The van der Waals surface area contributed by atoms with Gasteiger partial charge in [0, 0.05) is 33.0 Å². The molecule has 2 heterocycles. The summed E-state index contributed by atoms with van der Waals surface area (Å²) in [6.07, 6.45) is 2.94. The number of hydrogen-bond acceptors (Lipinski definition) is 4. The van der Waals surface area contributed by atoms with E-state index in [2.05, 4.69) is 9.88 Å². The van der Waals surface area contributed by atoms with E-state index in [1.807, 2.05) is 6.07 Å². The molecule has 1 saturated heterocycles. The number of nitrogens with zero attached hydrogens (tertiary/aromatic N) is 2. The molecule has 2 rings (SSSR count). The molecule has 4 nitrogen and oxygen atoms in total. The molecule has 0 N–H and O–H groups in total. The highest BCUT2D eigenvalue weighted by Crippen LogP contribution is 2.23. The molecule has 0 aliphatic carbocycles. The van der Waals surface area contributed by atoms with Crippen molar-refractivity contribution in [1.29, 1.82) is 0 Å². The standard InChI is InChI=1S/C13H18N2O2/c1-10(16)13-4-3-12(7-14-13)15-6-5-11(8-15)9-17-2/h3-4,7,11H,5-6,8-9H2,1-2H3. The lowest BCUT2D eigenvalue weighted by Gasteiger charge is -2.18. The third kappa shape index (κ3) is 2.82. The molecular weight excluding hydrogens is 216 g/mol. The molecule has 1 aromatic heterocycles. The van der Waals surface area contributed by atoms with Crippen molar-refractivity contribution in [3.63, 3.8) is 0 Å². The predicted octanol–water partition coefficient (Wildman–Crippen LogP) is 1.76. The Balaban J connectivity index is 2.01. The summed E-state index contributed by atoms with van der Waals surface area (Å²) in [6.45, 7) is 4.39. The van der Waals surface area contributed by atoms with E-state index in [0.717, 1.165) is 31.8 Å². The van der Waals surface area contributed by atoms with E-state index in [1.165, 1.54) is 6.92 Å². The van der Waals surface area contributed by atoms with Gasteiger partial charge in [-0.25, -0.2) is 0 Å². The van der Waals surface area contributed by atoms with Gasteiger partial charge in [0.2, 0.25) is 0 Å². The highest BCUT2D eigenvalue weighted by molar-refractivity contribution is 5.92. The van der Waals surface area contributed by atoms with Crippen LogP contribution in [0.2, 0.25) is 0 Å². The van der Waals surface area contributed by atoms with Gasteiger partial charge >= 0.3 is 0 Å². The summed E-state index contributed by atoms with van der Waals surface area (Å²) in [5.74, 6) is 0.614. The van der Waals surface area contributed by atoms with Crippen LogP contribution in [0.1, 0.15) is 23.8 Å². The van der Waals surface area contributed by atoms with Gasteiger partial charge in [0.15, 0.2) is 5.78 Å². The van der Waals surface area contributed by atoms with Crippen LogP contribution in [0.4, 0.5) is 5.69 Å². The summed E-state index contributed by atoms with van der Waals surface area (Å²) in [5.41, 5.74) is 1.62. The molecule has 0 spiro atoms. The lowest BCUT2D eigenvalue weighted by atomic mass is 10.1. The summed E-state index contributed by atoms with van der Waals surface area (Å²) >= 11 is 0. The van der Waals surface area contributed by atoms with Crippen molar-refractivity contribution in [1.82, 2.24) is 4.98 Å². The van der Waals surface area contributed by atoms with Crippen molar-refractivity contribution in [2.45, 2.75) is 13.3 Å². The Bertz CT molecular complexity index is 389. The average molecular weight is 234 g/mol. The number of pyridine rings is 1. The fourth-order valence-electron chi connectivity index (χ4n) is 2.22. The third-order valence-electron chi connectivity index (χ3n) is 3.16. The molecule has 1 aromatic rings. The number of carbonyl (C=O) groups excluding carboxylic acids is 1. The number of carbonyl (C=O) groups is 1. The van der Waals surface area contributed by atoms with Crippen LogP contribution < -0.4 is 4.90 Å². The van der Waals surface area contributed by atoms with Gasteiger partial charge in [-0.2, -0.15) is 0 Å². The van der Waals surface area contributed by atoms with Gasteiger partial charge in [0.05, 0.1) is 18.5 Å². The zero-order chi connectivity index (χ0) is 12.3. The minimum atomic E-state index is 0.00947. The smallest absolute Gasteiger partial charge is 0.178 e. The number of hydrogen-bond donors (Lipinski definition) is 0. The predicted molar refractivity (Wildman–Crippen MR) is 66.4 cm³/mol. The molecular formula is C13H18N2O2. The van der Waals surface area contributed by atoms with E-state index < -0.39 is 0 Å². The Kier molecular flexibility index (Phi) is 3.74. The molecule has 92 valence electrons. The second-order valence-corrected chi connectivity index (χ2v) is 4.51. The summed E-state index contributed by atoms with van der Waals surface area (Å²) in [4.78, 5) is 17.6. The minimum absolute atomic E-state index is 0.00947. The highest BCUT2D eigenvalue weighted by atomic mass is 16.5. The summed E-state index contributed by atoms with van der Waals surface area (Å²) < 4.78 is 5.17. The summed E-state index contributed by atoms with van der Waals surface area (Å²) in [6, 6.07) is 3.76. The number of aromatic nitrogens is 1. The van der Waals surface area contributed by atoms with Crippen molar-refractivity contribution in [3.8, 4) is 0 Å². The zero-order valence-electron chi connectivity index (χ0n) is 10.3. The second-order valence-electron chi connectivity index (χ2n) is 4.51. The number of anilines is 1. The van der Waals surface area contributed by atoms with Gasteiger partial charge in [-0.1, -0.05) is 0 Å². The van der Waals surface area contributed by atoms with Crippen LogP contribution in [0.3, 0.4) is 0 Å². The maximum absolute atomic E-state index is 11.1. The largest absolute Gasteiger partial charge is 0.384 e. The van der Waals surface area contributed by atoms with E-state index in [-0.39, 0.29) is 5.78 Å². The number of ether oxygens (including phenoxy) is 1. The maximum atomic E-state index is 11.1. The first kappa shape index (κ1) is 12.0. The van der Waals surface area contributed by atoms with Crippen LogP contribution in [0.5, 0.6) is 0 Å². The van der Waals surface area contributed by atoms with Crippen molar-refractivity contribution in [2.24, 2.45) is 5.92 Å². The maximum Gasteiger partial charge on any atom is 0.178 e. The Hall–Kier alpha value is -1.42. The van der Waals surface area contributed by atoms with Gasteiger partial charge in [0.25, 0.3) is 0 Å². The lowest BCUT2D eigenvalue weighted by molar-refractivity contribution is 0.101. The quantitative estimate of drug-likeness (QED) is 0.744. The van der Waals surface area contributed by atoms with Crippen LogP contribution in [0.25, 0.3) is 0 Å². The number of Topliss-reactive ketones (excluding diaryl/α,β-unsaturated/α-hetero) is 1. The molecule has 1 aliphatic rings. The van der Waals surface area contributed by atoms with Gasteiger partial charge in [-0.05, 0) is 18.6 Å². The fourth-order valence-corrected chi connectivity index (χ4v) is 2.22. The molecule has 1 atom stereocenters. The van der Waals surface area contributed by atoms with Gasteiger partial charge in [0.1, 0.15) is 5.69 Å². The Labute approximate surface area is 102 Å². The normalized spacial score (nSPS) is 19.6. The molecule has 1 aliphatic heterocycles. The minimum Gasteiger partial charge on any atom is -0.384 e. The van der Waals surface area contributed by atoms with Crippen LogP contribution in [0, 0.1) is 5.92 Å². The van der Waals surface area contributed by atoms with Crippen molar-refractivity contribution in [3.05, 3.63) is 24.0 Å². The van der Waals surface area contributed by atoms with Gasteiger partial charge in [-0.15, -0.1) is 0 Å². The first-order valence-electron chi connectivity index (χ1n) is 5.91. The van der Waals surface area contributed by atoms with E-state index in [1.54, 1.807) is 19.4 Å². The fraction of sp³-hybridized carbons (Fsp3) is 0.538. The average Bonchev–Trinajstić information content (AvgIpc) is 2.78. The van der Waals surface area contributed by atoms with Crippen LogP contribution >= 0.6 is 0 Å². The van der Waals surface area contributed by atoms with Crippen LogP contribution in [-0.4, -0.2) is 37.6 Å². The van der Waals surface area contributed by atoms with Crippen LogP contribution in [-0.2, 0) is 4.74 Å². The number of ketones is 1. The molecule has 4 heteroatoms. The van der Waals surface area contributed by atoms with Crippen LogP contribution in [0.15, 0.2) is 18.3 Å². The molecule has 0 bridgehead atoms. The molecule has 0 aromatic carbocycles. The Morgan fingerprint density at radius 1 is 1.59 bits per heavy atom. The molecule has 1 fully saturated rings. The first-order valence-corrected chi connectivity index (χ1v) is 5.91. The third-order valence-corrected chi connectivity index (χ3v) is 3.16. The highest BCUT2D eigenvalue weighted by Gasteiger charge is 2.22. The zero-order valence-corrected chi connectivity index (χ0v) is 10.3. The van der Waals surface area contributed by atoms with E-state index in [4.69, 9.17) is 4.74 Å². The lowest BCUT2D eigenvalue weighted by Crippen LogP contribution is -2.21. The number of rotatable bonds is 4. The van der Waals surface area contributed by atoms with E-state index >= 15 is 0 Å². The molecule has 0 saturated carbocycles. The van der Waals surface area contributed by atoms with Crippen molar-refractivity contribution in [2.75, 3.05) is 31.7 Å². The SMILES string of the molecule is COCC1CCN(c2ccc(C(C)=O)nc2)C1. The molecule has 1 unspecified atom stereocenters. The summed E-state index contributed by atoms with van der Waals surface area (Å²) in [7, 11) is 1.74. The van der Waals surface area contributed by atoms with E-state index in [0.29, 0.717) is 11.6 Å². The Morgan fingerprint density at radius 2 is 2.41 bits per heavy atom. The topological polar surface area (TPSA) is 42.4 Å². The van der Waals surface area contributed by atoms with Crippen molar-refractivity contribution < 1.29 is 9.53 Å². The molecule has 0 radical (unpaired) electrons. The monoisotopic (exact) mass is 234 g/mol. The molecule has 17 heavy (non-hydrogen) atoms. The van der Waals surface area contributed by atoms with Gasteiger partial charge < -0.3 is 9.64 Å². The van der Waals surface area contributed by atoms with E-state index in [9.17, 15) is 4.79 Å². The Morgan fingerprint density at radius 3 is 3.00 bits per heavy atom. The number of methoxy groups -OCH3 is 1.